The van der Waals surface area contributed by atoms with Crippen molar-refractivity contribution in [1.29, 1.82) is 0 Å². The maximum absolute atomic E-state index is 11.5. The molecule has 1 rings (SSSR count). The van der Waals surface area contributed by atoms with Gasteiger partial charge in [0.2, 0.25) is 0 Å². The van der Waals surface area contributed by atoms with E-state index in [2.05, 4.69) is 4.98 Å². The zero-order chi connectivity index (χ0) is 12.0. The highest BCUT2D eigenvalue weighted by Crippen LogP contribution is 2.12. The van der Waals surface area contributed by atoms with Gasteiger partial charge in [-0.15, -0.1) is 0 Å². The van der Waals surface area contributed by atoms with Crippen LogP contribution in [0, 0.1) is 0 Å². The molecule has 0 saturated carbocycles. The second kappa shape index (κ2) is 6.45. The number of nitrogens with zero attached hydrogens (tertiary/aromatic N) is 2. The smallest absolute Gasteiger partial charge is 0.341 e. The van der Waals surface area contributed by atoms with Gasteiger partial charge in [0.1, 0.15) is 5.15 Å². The van der Waals surface area contributed by atoms with Crippen molar-refractivity contribution in [2.24, 2.45) is 0 Å². The fourth-order valence-electron chi connectivity index (χ4n) is 1.16. The van der Waals surface area contributed by atoms with E-state index in [0.717, 1.165) is 13.0 Å². The maximum atomic E-state index is 11.5. The van der Waals surface area contributed by atoms with Crippen LogP contribution in [0.3, 0.4) is 0 Å². The molecule has 0 atom stereocenters. The summed E-state index contributed by atoms with van der Waals surface area (Å²) in [5.41, 5.74) is 0.314. The van der Waals surface area contributed by atoms with Gasteiger partial charge < -0.3 is 9.64 Å². The van der Waals surface area contributed by atoms with E-state index in [0.29, 0.717) is 12.2 Å². The van der Waals surface area contributed by atoms with Gasteiger partial charge in [-0.05, 0) is 32.6 Å². The van der Waals surface area contributed by atoms with Crippen molar-refractivity contribution >= 4 is 17.6 Å². The average molecular weight is 243 g/mol. The number of esters is 1. The van der Waals surface area contributed by atoms with E-state index in [4.69, 9.17) is 16.3 Å². The third kappa shape index (κ3) is 4.16. The first-order valence-corrected chi connectivity index (χ1v) is 5.41. The molecule has 0 N–H and O–H groups in total. The molecule has 1 heterocycles. The van der Waals surface area contributed by atoms with Crippen LogP contribution in [-0.2, 0) is 4.74 Å². The summed E-state index contributed by atoms with van der Waals surface area (Å²) < 4.78 is 5.07. The van der Waals surface area contributed by atoms with Crippen LogP contribution in [-0.4, -0.2) is 43.1 Å². The number of carbonyl (C=O) groups is 1. The second-order valence-electron chi connectivity index (χ2n) is 3.63. The van der Waals surface area contributed by atoms with Gasteiger partial charge in [-0.2, -0.15) is 0 Å². The van der Waals surface area contributed by atoms with Crippen LogP contribution < -0.4 is 0 Å². The minimum absolute atomic E-state index is 0.181. The van der Waals surface area contributed by atoms with Gasteiger partial charge in [-0.3, -0.25) is 0 Å². The third-order valence-electron chi connectivity index (χ3n) is 1.96. The topological polar surface area (TPSA) is 42.4 Å². The van der Waals surface area contributed by atoms with Gasteiger partial charge in [-0.1, -0.05) is 11.6 Å². The molecule has 0 spiro atoms. The van der Waals surface area contributed by atoms with Gasteiger partial charge >= 0.3 is 5.97 Å². The van der Waals surface area contributed by atoms with E-state index < -0.39 is 5.97 Å². The molecule has 0 bridgehead atoms. The largest absolute Gasteiger partial charge is 0.462 e. The molecule has 88 valence electrons. The van der Waals surface area contributed by atoms with Crippen molar-refractivity contribution in [3.8, 4) is 0 Å². The molecular weight excluding hydrogens is 228 g/mol. The Morgan fingerprint density at radius 1 is 1.56 bits per heavy atom. The molecule has 1 aromatic rings. The number of hydrogen-bond acceptors (Lipinski definition) is 4. The molecule has 0 amide bonds. The zero-order valence-corrected chi connectivity index (χ0v) is 10.2. The highest BCUT2D eigenvalue weighted by Gasteiger charge is 2.11. The van der Waals surface area contributed by atoms with E-state index in [1.54, 1.807) is 12.1 Å². The lowest BCUT2D eigenvalue weighted by atomic mass is 10.3. The van der Waals surface area contributed by atoms with Crippen LogP contribution in [0.1, 0.15) is 16.8 Å². The van der Waals surface area contributed by atoms with E-state index in [-0.39, 0.29) is 5.15 Å². The number of halogens is 1. The first kappa shape index (κ1) is 12.9. The lowest BCUT2D eigenvalue weighted by Crippen LogP contribution is -2.16. The SMILES string of the molecule is CN(C)CCCOC(=O)c1cccnc1Cl. The van der Waals surface area contributed by atoms with Crippen molar-refractivity contribution in [3.05, 3.63) is 29.0 Å². The quantitative estimate of drug-likeness (QED) is 0.449. The van der Waals surface area contributed by atoms with E-state index in [1.807, 2.05) is 19.0 Å². The molecule has 0 aromatic carbocycles. The predicted octanol–water partition coefficient (Wildman–Crippen LogP) is 1.84. The minimum Gasteiger partial charge on any atom is -0.462 e. The first-order chi connectivity index (χ1) is 7.61. The monoisotopic (exact) mass is 242 g/mol. The lowest BCUT2D eigenvalue weighted by molar-refractivity contribution is 0.0493. The van der Waals surface area contributed by atoms with E-state index in [1.165, 1.54) is 6.20 Å². The molecule has 0 aliphatic heterocycles. The molecule has 4 nitrogen and oxygen atoms in total. The first-order valence-electron chi connectivity index (χ1n) is 5.03. The summed E-state index contributed by atoms with van der Waals surface area (Å²) in [6.45, 7) is 1.27. The number of rotatable bonds is 5. The fraction of sp³-hybridized carbons (Fsp3) is 0.455. The Bertz CT molecular complexity index is 356. The Morgan fingerprint density at radius 3 is 2.94 bits per heavy atom. The van der Waals surface area contributed by atoms with Crippen molar-refractivity contribution in [2.75, 3.05) is 27.2 Å². The summed E-state index contributed by atoms with van der Waals surface area (Å²) in [5, 5.41) is 0.181. The molecule has 16 heavy (non-hydrogen) atoms. The van der Waals surface area contributed by atoms with Crippen molar-refractivity contribution in [3.63, 3.8) is 0 Å². The number of hydrogen-bond donors (Lipinski definition) is 0. The number of aromatic nitrogens is 1. The number of pyridine rings is 1. The fourth-order valence-corrected chi connectivity index (χ4v) is 1.36. The van der Waals surface area contributed by atoms with Gasteiger partial charge in [0.15, 0.2) is 0 Å². The van der Waals surface area contributed by atoms with Crippen LogP contribution >= 0.6 is 11.6 Å². The van der Waals surface area contributed by atoms with Gasteiger partial charge in [0.05, 0.1) is 12.2 Å². The molecule has 5 heteroatoms. The highest BCUT2D eigenvalue weighted by molar-refractivity contribution is 6.32. The molecular formula is C11H15ClN2O2. The lowest BCUT2D eigenvalue weighted by Gasteiger charge is -2.09. The van der Waals surface area contributed by atoms with Crippen LogP contribution in [0.2, 0.25) is 5.15 Å². The summed E-state index contributed by atoms with van der Waals surface area (Å²) in [4.78, 5) is 17.4. The van der Waals surface area contributed by atoms with Gasteiger partial charge in [0.25, 0.3) is 0 Å². The summed E-state index contributed by atoms with van der Waals surface area (Å²) in [5.74, 6) is -0.420. The standard InChI is InChI=1S/C11H15ClN2O2/c1-14(2)7-4-8-16-11(15)9-5-3-6-13-10(9)12/h3,5-6H,4,7-8H2,1-2H3. The van der Waals surface area contributed by atoms with Crippen LogP contribution in [0.15, 0.2) is 18.3 Å². The Kier molecular flexibility index (Phi) is 5.22. The van der Waals surface area contributed by atoms with Crippen molar-refractivity contribution in [1.82, 2.24) is 9.88 Å². The Morgan fingerprint density at radius 2 is 2.31 bits per heavy atom. The van der Waals surface area contributed by atoms with E-state index in [9.17, 15) is 4.79 Å². The van der Waals surface area contributed by atoms with Crippen LogP contribution in [0.4, 0.5) is 0 Å². The molecule has 0 aliphatic rings. The summed E-state index contributed by atoms with van der Waals surface area (Å²) >= 11 is 5.76. The maximum Gasteiger partial charge on any atom is 0.341 e. The van der Waals surface area contributed by atoms with Crippen molar-refractivity contribution < 1.29 is 9.53 Å². The normalized spacial score (nSPS) is 10.5. The third-order valence-corrected chi connectivity index (χ3v) is 2.26. The summed E-state index contributed by atoms with van der Waals surface area (Å²) in [7, 11) is 3.94. The number of carbonyl (C=O) groups excluding carboxylic acids is 1. The predicted molar refractivity (Wildman–Crippen MR) is 62.7 cm³/mol. The van der Waals surface area contributed by atoms with E-state index >= 15 is 0 Å². The van der Waals surface area contributed by atoms with Gasteiger partial charge in [0, 0.05) is 12.7 Å². The zero-order valence-electron chi connectivity index (χ0n) is 9.44. The summed E-state index contributed by atoms with van der Waals surface area (Å²) in [6, 6.07) is 3.26. The molecule has 0 radical (unpaired) electrons. The Balaban J connectivity index is 2.39. The Labute approximate surface area is 100 Å². The van der Waals surface area contributed by atoms with Gasteiger partial charge in [-0.25, -0.2) is 9.78 Å². The molecule has 0 saturated heterocycles. The van der Waals surface area contributed by atoms with Crippen LogP contribution in [0.5, 0.6) is 0 Å². The average Bonchev–Trinajstić information content (AvgIpc) is 2.24. The minimum atomic E-state index is -0.420. The molecule has 1 aromatic heterocycles. The van der Waals surface area contributed by atoms with Crippen LogP contribution in [0.25, 0.3) is 0 Å². The van der Waals surface area contributed by atoms with Crippen molar-refractivity contribution in [2.45, 2.75) is 6.42 Å². The number of ether oxygens (including phenoxy) is 1. The Hall–Kier alpha value is -1.13. The highest BCUT2D eigenvalue weighted by atomic mass is 35.5. The summed E-state index contributed by atoms with van der Waals surface area (Å²) in [6.07, 6.45) is 2.34. The second-order valence-corrected chi connectivity index (χ2v) is 3.99. The molecule has 0 fully saturated rings. The molecule has 0 aliphatic carbocycles. The molecule has 0 unspecified atom stereocenters.